The molecule has 10 nitrogen and oxygen atoms in total. The van der Waals surface area contributed by atoms with E-state index < -0.39 is 17.4 Å². The van der Waals surface area contributed by atoms with Crippen molar-refractivity contribution in [1.82, 2.24) is 34.9 Å². The minimum Gasteiger partial charge on any atom is -0.344 e. The van der Waals surface area contributed by atoms with Gasteiger partial charge in [0.25, 0.3) is 5.91 Å². The Hall–Kier alpha value is -3.74. The fourth-order valence-electron chi connectivity index (χ4n) is 3.54. The molecule has 1 aliphatic rings. The van der Waals surface area contributed by atoms with Crippen LogP contribution in [0.25, 0.3) is 22.4 Å². The molecule has 0 aliphatic carbocycles. The molecule has 1 saturated heterocycles. The third-order valence-electron chi connectivity index (χ3n) is 5.39. The fraction of sp³-hybridized carbons (Fsp3) is 0.429. The number of nitrogens with zero attached hydrogens (tertiary/aromatic N) is 6. The summed E-state index contributed by atoms with van der Waals surface area (Å²) >= 11 is 0. The summed E-state index contributed by atoms with van der Waals surface area (Å²) in [4.78, 5) is 39.7. The molecule has 0 radical (unpaired) electrons. The Balaban J connectivity index is 1.60. The Bertz CT molecular complexity index is 1190. The van der Waals surface area contributed by atoms with E-state index in [-0.39, 0.29) is 11.8 Å². The van der Waals surface area contributed by atoms with E-state index in [0.717, 1.165) is 5.56 Å². The molecule has 0 aromatic carbocycles. The molecule has 4 heterocycles. The van der Waals surface area contributed by atoms with Gasteiger partial charge in [-0.3, -0.25) is 14.3 Å². The summed E-state index contributed by atoms with van der Waals surface area (Å²) in [6, 6.07) is 1.42. The molecule has 1 aliphatic heterocycles. The highest BCUT2D eigenvalue weighted by Crippen LogP contribution is 2.26. The number of aromatic nitrogens is 5. The van der Waals surface area contributed by atoms with Crippen molar-refractivity contribution in [1.29, 1.82) is 5.26 Å². The van der Waals surface area contributed by atoms with Gasteiger partial charge in [-0.05, 0) is 5.41 Å². The zero-order valence-corrected chi connectivity index (χ0v) is 17.9. The zero-order valence-electron chi connectivity index (χ0n) is 17.9. The molecule has 10 heteroatoms. The van der Waals surface area contributed by atoms with Gasteiger partial charge < -0.3 is 15.2 Å². The number of aryl methyl sites for hydroxylation is 1. The summed E-state index contributed by atoms with van der Waals surface area (Å²) < 4.78 is 1.66. The molecular formula is C21H24N8O2. The lowest BCUT2D eigenvalue weighted by Gasteiger charge is -2.41. The Morgan fingerprint density at radius 2 is 2.06 bits per heavy atom. The van der Waals surface area contributed by atoms with Crippen molar-refractivity contribution in [2.45, 2.75) is 26.8 Å². The lowest BCUT2D eigenvalue weighted by Crippen LogP contribution is -2.60. The van der Waals surface area contributed by atoms with Crippen LogP contribution in [0.4, 0.5) is 0 Å². The molecule has 0 bridgehead atoms. The Morgan fingerprint density at radius 3 is 2.68 bits per heavy atom. The number of rotatable bonds is 4. The van der Waals surface area contributed by atoms with E-state index in [1.807, 2.05) is 34.0 Å². The molecule has 0 spiro atoms. The first kappa shape index (κ1) is 20.5. The van der Waals surface area contributed by atoms with Gasteiger partial charge in [0.15, 0.2) is 5.65 Å². The second-order valence-electron chi connectivity index (χ2n) is 8.90. The highest BCUT2D eigenvalue weighted by Gasteiger charge is 2.40. The number of hydrogen-bond donors (Lipinski definition) is 2. The number of aromatic amines is 1. The van der Waals surface area contributed by atoms with Crippen LogP contribution in [0.3, 0.4) is 0 Å². The molecule has 3 aromatic rings. The third kappa shape index (κ3) is 3.86. The van der Waals surface area contributed by atoms with Crippen LogP contribution < -0.4 is 5.32 Å². The maximum absolute atomic E-state index is 13.1. The monoisotopic (exact) mass is 420 g/mol. The van der Waals surface area contributed by atoms with Crippen LogP contribution in [0.5, 0.6) is 0 Å². The maximum atomic E-state index is 13.1. The summed E-state index contributed by atoms with van der Waals surface area (Å²) in [5, 5.41) is 16.0. The zero-order chi connectivity index (χ0) is 22.3. The number of carbonyl (C=O) groups is 2. The van der Waals surface area contributed by atoms with Gasteiger partial charge in [0.05, 0.1) is 35.6 Å². The second kappa shape index (κ2) is 7.50. The number of carbonyl (C=O) groups excluding carboxylic acids is 2. The molecule has 4 rings (SSSR count). The third-order valence-corrected chi connectivity index (χ3v) is 5.39. The van der Waals surface area contributed by atoms with E-state index in [0.29, 0.717) is 35.5 Å². The highest BCUT2D eigenvalue weighted by atomic mass is 16.2. The molecule has 2 amide bonds. The van der Waals surface area contributed by atoms with Crippen LogP contribution in [0.2, 0.25) is 0 Å². The van der Waals surface area contributed by atoms with Crippen molar-refractivity contribution < 1.29 is 9.59 Å². The minimum absolute atomic E-state index is 0.143. The van der Waals surface area contributed by atoms with E-state index in [1.54, 1.807) is 28.2 Å². The lowest BCUT2D eigenvalue weighted by atomic mass is 9.84. The van der Waals surface area contributed by atoms with Gasteiger partial charge in [0.2, 0.25) is 5.91 Å². The average molecular weight is 420 g/mol. The van der Waals surface area contributed by atoms with Crippen molar-refractivity contribution in [3.63, 3.8) is 0 Å². The number of nitrogens with one attached hydrogen (secondary N) is 2. The molecule has 1 fully saturated rings. The van der Waals surface area contributed by atoms with Crippen molar-refractivity contribution in [2.75, 3.05) is 13.1 Å². The van der Waals surface area contributed by atoms with E-state index in [1.165, 1.54) is 0 Å². The second-order valence-corrected chi connectivity index (χ2v) is 8.90. The van der Waals surface area contributed by atoms with E-state index >= 15 is 0 Å². The fourth-order valence-corrected chi connectivity index (χ4v) is 3.54. The number of hydrogen-bond acceptors (Lipinski definition) is 6. The molecule has 2 N–H and O–H groups in total. The SMILES string of the molecule is Cn1cc(-c2cnc3[nH]cc(C(=O)NC(C(=O)N4CC(C#N)C4)C(C)(C)C)c3n2)cn1. The topological polar surface area (TPSA) is 133 Å². The summed E-state index contributed by atoms with van der Waals surface area (Å²) in [7, 11) is 1.81. The van der Waals surface area contributed by atoms with Gasteiger partial charge in [-0.15, -0.1) is 0 Å². The summed E-state index contributed by atoms with van der Waals surface area (Å²) in [6.45, 7) is 6.47. The molecule has 0 saturated carbocycles. The first-order valence-electron chi connectivity index (χ1n) is 10.00. The summed E-state index contributed by atoms with van der Waals surface area (Å²) in [5.41, 5.74) is 2.10. The normalized spacial score (nSPS) is 15.4. The van der Waals surface area contributed by atoms with Crippen LogP contribution in [-0.2, 0) is 11.8 Å². The Kier molecular flexibility index (Phi) is 4.97. The van der Waals surface area contributed by atoms with Crippen molar-refractivity contribution in [3.8, 4) is 17.3 Å². The quantitative estimate of drug-likeness (QED) is 0.657. The predicted octanol–water partition coefficient (Wildman–Crippen LogP) is 1.48. The Labute approximate surface area is 179 Å². The number of fused-ring (bicyclic) bond motifs is 1. The van der Waals surface area contributed by atoms with Crippen LogP contribution in [0.1, 0.15) is 31.1 Å². The smallest absolute Gasteiger partial charge is 0.255 e. The first-order valence-corrected chi connectivity index (χ1v) is 10.00. The molecule has 31 heavy (non-hydrogen) atoms. The van der Waals surface area contributed by atoms with Gasteiger partial charge >= 0.3 is 0 Å². The minimum atomic E-state index is -0.737. The standard InChI is InChI=1S/C21H24N8O2/c1-21(2,3)17(20(31)29-9-12(5-22)10-29)27-19(30)14-7-23-18-16(14)26-15(8-24-18)13-6-25-28(4)11-13/h6-8,11-12,17H,9-10H2,1-4H3,(H,23,24)(H,27,30). The van der Waals surface area contributed by atoms with E-state index in [4.69, 9.17) is 5.26 Å². The first-order chi connectivity index (χ1) is 14.7. The summed E-state index contributed by atoms with van der Waals surface area (Å²) in [5.74, 6) is -0.737. The largest absolute Gasteiger partial charge is 0.344 e. The summed E-state index contributed by atoms with van der Waals surface area (Å²) in [6.07, 6.45) is 6.66. The van der Waals surface area contributed by atoms with Crippen molar-refractivity contribution in [3.05, 3.63) is 30.4 Å². The highest BCUT2D eigenvalue weighted by molar-refractivity contribution is 6.06. The van der Waals surface area contributed by atoms with Gasteiger partial charge in [-0.1, -0.05) is 20.8 Å². The number of nitriles is 1. The van der Waals surface area contributed by atoms with Crippen molar-refractivity contribution in [2.24, 2.45) is 18.4 Å². The molecule has 1 atom stereocenters. The molecule has 160 valence electrons. The maximum Gasteiger partial charge on any atom is 0.255 e. The Morgan fingerprint density at radius 1 is 1.32 bits per heavy atom. The van der Waals surface area contributed by atoms with Gasteiger partial charge in [-0.25, -0.2) is 9.97 Å². The van der Waals surface area contributed by atoms with E-state index in [2.05, 4.69) is 31.4 Å². The van der Waals surface area contributed by atoms with Gasteiger partial charge in [-0.2, -0.15) is 10.4 Å². The van der Waals surface area contributed by atoms with E-state index in [9.17, 15) is 9.59 Å². The van der Waals surface area contributed by atoms with Gasteiger partial charge in [0.1, 0.15) is 11.6 Å². The lowest BCUT2D eigenvalue weighted by molar-refractivity contribution is -0.141. The van der Waals surface area contributed by atoms with Crippen LogP contribution >= 0.6 is 0 Å². The van der Waals surface area contributed by atoms with Crippen LogP contribution in [0.15, 0.2) is 24.8 Å². The van der Waals surface area contributed by atoms with Crippen molar-refractivity contribution >= 4 is 23.0 Å². The number of amides is 2. The molecule has 1 unspecified atom stereocenters. The average Bonchev–Trinajstić information content (AvgIpc) is 3.29. The van der Waals surface area contributed by atoms with Crippen LogP contribution in [-0.4, -0.2) is 60.6 Å². The molecular weight excluding hydrogens is 396 g/mol. The number of likely N-dealkylation sites (tertiary alicyclic amines) is 1. The number of H-pyrrole nitrogens is 1. The van der Waals surface area contributed by atoms with Gasteiger partial charge in [0, 0.05) is 38.1 Å². The predicted molar refractivity (Wildman–Crippen MR) is 112 cm³/mol. The van der Waals surface area contributed by atoms with Crippen LogP contribution in [0, 0.1) is 22.7 Å². The molecule has 3 aromatic heterocycles.